The molecule has 0 atom stereocenters. The average molecular weight is 444 g/mol. The summed E-state index contributed by atoms with van der Waals surface area (Å²) >= 11 is 0. The van der Waals surface area contributed by atoms with Crippen molar-refractivity contribution in [2.24, 2.45) is 0 Å². The van der Waals surface area contributed by atoms with Crippen molar-refractivity contribution in [1.29, 1.82) is 0 Å². The Morgan fingerprint density at radius 1 is 1.06 bits per heavy atom. The fourth-order valence-electron chi connectivity index (χ4n) is 4.18. The first kappa shape index (κ1) is 20.6. The van der Waals surface area contributed by atoms with Crippen LogP contribution in [0.3, 0.4) is 0 Å². The van der Waals surface area contributed by atoms with Crippen molar-refractivity contribution in [2.45, 2.75) is 19.9 Å². The Balaban J connectivity index is 1.62. The Morgan fingerprint density at radius 2 is 1.82 bits per heavy atom. The number of rotatable bonds is 6. The minimum atomic E-state index is -0.568. The molecule has 166 valence electrons. The molecule has 0 saturated carbocycles. The van der Waals surface area contributed by atoms with E-state index in [-0.39, 0.29) is 17.9 Å². The normalized spacial score (nSPS) is 11.3. The van der Waals surface area contributed by atoms with Gasteiger partial charge in [0.2, 0.25) is 11.7 Å². The number of aromatic amines is 1. The zero-order valence-corrected chi connectivity index (χ0v) is 17.8. The minimum Gasteiger partial charge on any atom is -0.503 e. The van der Waals surface area contributed by atoms with E-state index in [4.69, 9.17) is 4.42 Å². The highest BCUT2D eigenvalue weighted by Gasteiger charge is 2.30. The third kappa shape index (κ3) is 3.57. The molecule has 5 aromatic rings. The Labute approximate surface area is 188 Å². The van der Waals surface area contributed by atoms with Gasteiger partial charge in [-0.2, -0.15) is 0 Å². The lowest BCUT2D eigenvalue weighted by molar-refractivity contribution is 0.101. The van der Waals surface area contributed by atoms with Crippen LogP contribution in [0.5, 0.6) is 11.6 Å². The maximum absolute atomic E-state index is 13.6. The molecule has 0 aliphatic carbocycles. The van der Waals surface area contributed by atoms with E-state index < -0.39 is 23.2 Å². The molecular formula is C26H21FN2O4. The predicted molar refractivity (Wildman–Crippen MR) is 122 cm³/mol. The SMILES string of the molecule is Cc1ccc(C(=O)c2c(O)c(O)n(CCc3c[nH]c4ccccc34)c2-c2ccc(F)cc2)o1. The van der Waals surface area contributed by atoms with E-state index in [1.807, 2.05) is 30.5 Å². The molecule has 6 nitrogen and oxygen atoms in total. The number of carbonyl (C=O) groups is 1. The predicted octanol–water partition coefficient (Wildman–Crippen LogP) is 5.56. The summed E-state index contributed by atoms with van der Waals surface area (Å²) in [6.45, 7) is 1.99. The molecule has 7 heteroatoms. The molecule has 3 N–H and O–H groups in total. The summed E-state index contributed by atoms with van der Waals surface area (Å²) in [7, 11) is 0. The van der Waals surface area contributed by atoms with Crippen LogP contribution >= 0.6 is 0 Å². The number of ketones is 1. The van der Waals surface area contributed by atoms with Crippen molar-refractivity contribution in [3.63, 3.8) is 0 Å². The third-order valence-electron chi connectivity index (χ3n) is 5.80. The first-order valence-electron chi connectivity index (χ1n) is 10.5. The lowest BCUT2D eigenvalue weighted by atomic mass is 10.0. The number of halogens is 1. The Kier molecular flexibility index (Phi) is 5.01. The van der Waals surface area contributed by atoms with Crippen LogP contribution in [0.2, 0.25) is 0 Å². The number of hydrogen-bond acceptors (Lipinski definition) is 4. The number of nitrogens with one attached hydrogen (secondary N) is 1. The lowest BCUT2D eigenvalue weighted by Gasteiger charge is -2.12. The second-order valence-electron chi connectivity index (χ2n) is 7.90. The van der Waals surface area contributed by atoms with Gasteiger partial charge < -0.3 is 24.2 Å². The highest BCUT2D eigenvalue weighted by molar-refractivity contribution is 6.13. The van der Waals surface area contributed by atoms with Gasteiger partial charge in [0, 0.05) is 23.6 Å². The first-order chi connectivity index (χ1) is 15.9. The number of H-pyrrole nitrogens is 1. The molecule has 3 heterocycles. The summed E-state index contributed by atoms with van der Waals surface area (Å²) in [5, 5.41) is 22.6. The highest BCUT2D eigenvalue weighted by atomic mass is 19.1. The number of aromatic hydroxyl groups is 2. The zero-order valence-electron chi connectivity index (χ0n) is 17.8. The van der Waals surface area contributed by atoms with Crippen LogP contribution in [0.1, 0.15) is 27.4 Å². The maximum atomic E-state index is 13.6. The molecule has 0 aliphatic heterocycles. The molecule has 0 spiro atoms. The smallest absolute Gasteiger partial charge is 0.235 e. The highest BCUT2D eigenvalue weighted by Crippen LogP contribution is 2.42. The van der Waals surface area contributed by atoms with E-state index in [0.717, 1.165) is 16.5 Å². The van der Waals surface area contributed by atoms with Crippen molar-refractivity contribution >= 4 is 16.7 Å². The molecule has 0 amide bonds. The molecule has 2 aromatic carbocycles. The fourth-order valence-corrected chi connectivity index (χ4v) is 4.18. The zero-order chi connectivity index (χ0) is 23.1. The second kappa shape index (κ2) is 8.02. The van der Waals surface area contributed by atoms with Gasteiger partial charge >= 0.3 is 0 Å². The van der Waals surface area contributed by atoms with Crippen LogP contribution in [-0.2, 0) is 13.0 Å². The first-order valence-corrected chi connectivity index (χ1v) is 10.5. The van der Waals surface area contributed by atoms with Gasteiger partial charge in [-0.25, -0.2) is 4.39 Å². The molecule has 33 heavy (non-hydrogen) atoms. The second-order valence-corrected chi connectivity index (χ2v) is 7.90. The van der Waals surface area contributed by atoms with Crippen molar-refractivity contribution in [2.75, 3.05) is 0 Å². The molecule has 0 aliphatic rings. The Hall–Kier alpha value is -4.26. The molecule has 0 radical (unpaired) electrons. The van der Waals surface area contributed by atoms with Crippen LogP contribution in [0.15, 0.2) is 71.3 Å². The number of fused-ring (bicyclic) bond motifs is 1. The molecule has 5 rings (SSSR count). The van der Waals surface area contributed by atoms with Gasteiger partial charge in [0.05, 0.1) is 11.3 Å². The number of aromatic nitrogens is 2. The average Bonchev–Trinajstić information content (AvgIpc) is 3.50. The van der Waals surface area contributed by atoms with Crippen LogP contribution < -0.4 is 0 Å². The van der Waals surface area contributed by atoms with Crippen molar-refractivity contribution in [1.82, 2.24) is 9.55 Å². The van der Waals surface area contributed by atoms with Crippen molar-refractivity contribution in [3.8, 4) is 22.9 Å². The van der Waals surface area contributed by atoms with E-state index in [9.17, 15) is 19.4 Å². The van der Waals surface area contributed by atoms with Crippen molar-refractivity contribution in [3.05, 3.63) is 95.3 Å². The van der Waals surface area contributed by atoms with Crippen LogP contribution in [-0.4, -0.2) is 25.5 Å². The van der Waals surface area contributed by atoms with E-state index in [0.29, 0.717) is 23.4 Å². The number of aryl methyl sites for hydroxylation is 2. The monoisotopic (exact) mass is 444 g/mol. The number of furan rings is 1. The molecule has 0 bridgehead atoms. The van der Waals surface area contributed by atoms with Gasteiger partial charge in [-0.3, -0.25) is 4.79 Å². The van der Waals surface area contributed by atoms with Crippen molar-refractivity contribution < 1.29 is 23.8 Å². The minimum absolute atomic E-state index is 0.0416. The molecule has 3 aromatic heterocycles. The summed E-state index contributed by atoms with van der Waals surface area (Å²) < 4.78 is 20.6. The number of nitrogens with zero attached hydrogens (tertiary/aromatic N) is 1. The fraction of sp³-hybridized carbons (Fsp3) is 0.115. The Bertz CT molecular complexity index is 1470. The number of benzene rings is 2. The molecule has 0 unspecified atom stereocenters. The topological polar surface area (TPSA) is 91.4 Å². The summed E-state index contributed by atoms with van der Waals surface area (Å²) in [6, 6.07) is 16.6. The van der Waals surface area contributed by atoms with Gasteiger partial charge in [0.25, 0.3) is 0 Å². The van der Waals surface area contributed by atoms with Gasteiger partial charge in [-0.05, 0) is 66.9 Å². The summed E-state index contributed by atoms with van der Waals surface area (Å²) in [4.78, 5) is 16.5. The van der Waals surface area contributed by atoms with Crippen LogP contribution in [0, 0.1) is 12.7 Å². The van der Waals surface area contributed by atoms with Crippen LogP contribution in [0.4, 0.5) is 4.39 Å². The third-order valence-corrected chi connectivity index (χ3v) is 5.80. The summed E-state index contributed by atoms with van der Waals surface area (Å²) in [6.07, 6.45) is 2.42. The molecule has 0 fully saturated rings. The van der Waals surface area contributed by atoms with Crippen LogP contribution in [0.25, 0.3) is 22.2 Å². The van der Waals surface area contributed by atoms with Gasteiger partial charge in [-0.1, -0.05) is 18.2 Å². The summed E-state index contributed by atoms with van der Waals surface area (Å²) in [5.74, 6) is -1.38. The van der Waals surface area contributed by atoms with E-state index in [2.05, 4.69) is 4.98 Å². The Morgan fingerprint density at radius 3 is 2.55 bits per heavy atom. The number of carbonyl (C=O) groups excluding carboxylic acids is 1. The maximum Gasteiger partial charge on any atom is 0.235 e. The lowest BCUT2D eigenvalue weighted by Crippen LogP contribution is -2.07. The number of para-hydroxylation sites is 1. The van der Waals surface area contributed by atoms with Gasteiger partial charge in [0.15, 0.2) is 11.5 Å². The molecule has 0 saturated heterocycles. The number of hydrogen-bond donors (Lipinski definition) is 3. The van der Waals surface area contributed by atoms with E-state index >= 15 is 0 Å². The molecular weight excluding hydrogens is 423 g/mol. The summed E-state index contributed by atoms with van der Waals surface area (Å²) in [5.41, 5.74) is 2.71. The van der Waals surface area contributed by atoms with E-state index in [1.165, 1.54) is 34.9 Å². The van der Waals surface area contributed by atoms with Gasteiger partial charge in [0.1, 0.15) is 11.6 Å². The largest absolute Gasteiger partial charge is 0.503 e. The van der Waals surface area contributed by atoms with E-state index in [1.54, 1.807) is 13.0 Å². The van der Waals surface area contributed by atoms with Gasteiger partial charge in [-0.15, -0.1) is 0 Å². The quantitative estimate of drug-likeness (QED) is 0.299. The standard InChI is InChI=1S/C26H21FN2O4/c1-15-6-11-21(33-15)24(30)22-23(16-7-9-18(27)10-8-16)29(26(32)25(22)31)13-12-17-14-28-20-5-3-2-4-19(17)20/h2-11,14,28,31-32H,12-13H2,1H3.